The summed E-state index contributed by atoms with van der Waals surface area (Å²) < 4.78 is 5.23. The van der Waals surface area contributed by atoms with Crippen LogP contribution >= 0.6 is 0 Å². The first-order valence-electron chi connectivity index (χ1n) is 6.54. The molecule has 1 atom stereocenters. The number of carbonyl (C=O) groups is 1. The van der Waals surface area contributed by atoms with E-state index in [1.807, 2.05) is 60.7 Å². The van der Waals surface area contributed by atoms with E-state index in [-0.39, 0.29) is 12.6 Å². The van der Waals surface area contributed by atoms with Crippen molar-refractivity contribution in [1.82, 2.24) is 0 Å². The van der Waals surface area contributed by atoms with Gasteiger partial charge in [0.15, 0.2) is 0 Å². The summed E-state index contributed by atoms with van der Waals surface area (Å²) >= 11 is 0. The fraction of sp³-hybridized carbons (Fsp3) is 0.176. The summed E-state index contributed by atoms with van der Waals surface area (Å²) in [5.41, 5.74) is 1.94. The third-order valence-corrected chi connectivity index (χ3v) is 2.81. The first-order valence-corrected chi connectivity index (χ1v) is 6.54. The maximum absolute atomic E-state index is 11.8. The molecular weight excluding hydrogens is 250 g/mol. The van der Waals surface area contributed by atoms with Gasteiger partial charge in [0, 0.05) is 6.21 Å². The Kier molecular flexibility index (Phi) is 5.07. The number of rotatable bonds is 5. The van der Waals surface area contributed by atoms with Crippen LogP contribution < -0.4 is 0 Å². The molecule has 0 aliphatic rings. The molecule has 0 amide bonds. The molecule has 0 aromatic heterocycles. The van der Waals surface area contributed by atoms with E-state index in [1.165, 1.54) is 0 Å². The summed E-state index contributed by atoms with van der Waals surface area (Å²) in [7, 11) is 0. The van der Waals surface area contributed by atoms with Crippen molar-refractivity contribution in [3.05, 3.63) is 71.8 Å². The number of ether oxygens (including phenoxy) is 1. The molecule has 3 nitrogen and oxygen atoms in total. The Bertz CT molecular complexity index is 564. The van der Waals surface area contributed by atoms with Gasteiger partial charge in [-0.1, -0.05) is 60.7 Å². The molecule has 0 fully saturated rings. The normalized spacial score (nSPS) is 12.2. The van der Waals surface area contributed by atoms with Crippen molar-refractivity contribution in [2.45, 2.75) is 19.6 Å². The number of hydrogen-bond donors (Lipinski definition) is 0. The van der Waals surface area contributed by atoms with Crippen LogP contribution in [0.1, 0.15) is 18.1 Å². The molecule has 2 aromatic rings. The van der Waals surface area contributed by atoms with Gasteiger partial charge in [-0.3, -0.25) is 4.99 Å². The lowest BCUT2D eigenvalue weighted by atomic mass is 10.2. The molecule has 0 N–H and O–H groups in total. The molecule has 0 saturated heterocycles. The van der Waals surface area contributed by atoms with Crippen LogP contribution in [-0.4, -0.2) is 18.2 Å². The van der Waals surface area contributed by atoms with Gasteiger partial charge in [-0.2, -0.15) is 0 Å². The molecule has 0 heterocycles. The maximum atomic E-state index is 11.8. The van der Waals surface area contributed by atoms with E-state index < -0.39 is 6.04 Å². The lowest BCUT2D eigenvalue weighted by Crippen LogP contribution is -2.18. The Morgan fingerprint density at radius 3 is 2.35 bits per heavy atom. The van der Waals surface area contributed by atoms with Crippen LogP contribution in [0.25, 0.3) is 0 Å². The standard InChI is InChI=1S/C17H17NO2/c1-14(18-12-15-8-4-2-5-9-15)17(19)20-13-16-10-6-3-7-11-16/h2-12,14H,13H2,1H3/t14-/m0/s1. The van der Waals surface area contributed by atoms with Crippen molar-refractivity contribution in [2.75, 3.05) is 0 Å². The van der Waals surface area contributed by atoms with Gasteiger partial charge in [-0.05, 0) is 18.1 Å². The van der Waals surface area contributed by atoms with Crippen molar-refractivity contribution in [3.63, 3.8) is 0 Å². The Labute approximate surface area is 118 Å². The van der Waals surface area contributed by atoms with E-state index in [1.54, 1.807) is 13.1 Å². The molecule has 0 aliphatic carbocycles. The van der Waals surface area contributed by atoms with Crippen LogP contribution in [0.3, 0.4) is 0 Å². The first-order chi connectivity index (χ1) is 9.75. The molecule has 20 heavy (non-hydrogen) atoms. The van der Waals surface area contributed by atoms with Gasteiger partial charge in [0.2, 0.25) is 0 Å². The Morgan fingerprint density at radius 2 is 1.70 bits per heavy atom. The van der Waals surface area contributed by atoms with E-state index >= 15 is 0 Å². The van der Waals surface area contributed by atoms with Crippen LogP contribution in [0.5, 0.6) is 0 Å². The van der Waals surface area contributed by atoms with Gasteiger partial charge in [0.25, 0.3) is 0 Å². The molecule has 0 spiro atoms. The highest BCUT2D eigenvalue weighted by atomic mass is 16.5. The quantitative estimate of drug-likeness (QED) is 0.616. The summed E-state index contributed by atoms with van der Waals surface area (Å²) in [6.07, 6.45) is 1.69. The highest BCUT2D eigenvalue weighted by Gasteiger charge is 2.12. The predicted octanol–water partition coefficient (Wildman–Crippen LogP) is 3.24. The average molecular weight is 267 g/mol. The van der Waals surface area contributed by atoms with E-state index in [0.717, 1.165) is 11.1 Å². The maximum Gasteiger partial charge on any atom is 0.330 e. The van der Waals surface area contributed by atoms with E-state index in [0.29, 0.717) is 0 Å². The number of hydrogen-bond acceptors (Lipinski definition) is 3. The zero-order valence-corrected chi connectivity index (χ0v) is 11.4. The molecule has 0 bridgehead atoms. The molecule has 2 aromatic carbocycles. The van der Waals surface area contributed by atoms with Gasteiger partial charge in [0.05, 0.1) is 0 Å². The van der Waals surface area contributed by atoms with Gasteiger partial charge in [-0.15, -0.1) is 0 Å². The Hall–Kier alpha value is -2.42. The summed E-state index contributed by atoms with van der Waals surface area (Å²) in [5.74, 6) is -0.318. The molecule has 0 unspecified atom stereocenters. The number of benzene rings is 2. The highest BCUT2D eigenvalue weighted by molar-refractivity contribution is 5.83. The number of nitrogens with zero attached hydrogens (tertiary/aromatic N) is 1. The van der Waals surface area contributed by atoms with Crippen LogP contribution in [0.4, 0.5) is 0 Å². The first kappa shape index (κ1) is 14.0. The highest BCUT2D eigenvalue weighted by Crippen LogP contribution is 2.03. The van der Waals surface area contributed by atoms with Crippen molar-refractivity contribution < 1.29 is 9.53 Å². The smallest absolute Gasteiger partial charge is 0.330 e. The summed E-state index contributed by atoms with van der Waals surface area (Å²) in [6.45, 7) is 2.01. The number of aliphatic imine (C=N–C) groups is 1. The summed E-state index contributed by atoms with van der Waals surface area (Å²) in [4.78, 5) is 16.0. The minimum absolute atomic E-state index is 0.283. The molecule has 3 heteroatoms. The molecule has 0 saturated carbocycles. The minimum Gasteiger partial charge on any atom is -0.459 e. The lowest BCUT2D eigenvalue weighted by Gasteiger charge is -2.07. The zero-order valence-electron chi connectivity index (χ0n) is 11.4. The lowest BCUT2D eigenvalue weighted by molar-refractivity contribution is -0.145. The van der Waals surface area contributed by atoms with Gasteiger partial charge < -0.3 is 4.74 Å². The van der Waals surface area contributed by atoms with E-state index in [2.05, 4.69) is 4.99 Å². The number of carbonyl (C=O) groups excluding carboxylic acids is 1. The Morgan fingerprint density at radius 1 is 1.10 bits per heavy atom. The second-order valence-corrected chi connectivity index (χ2v) is 4.46. The SMILES string of the molecule is C[C@H](N=Cc1ccccc1)C(=O)OCc1ccccc1. The fourth-order valence-corrected chi connectivity index (χ4v) is 1.65. The van der Waals surface area contributed by atoms with Gasteiger partial charge in [0.1, 0.15) is 12.6 Å². The van der Waals surface area contributed by atoms with E-state index in [9.17, 15) is 4.79 Å². The minimum atomic E-state index is -0.501. The topological polar surface area (TPSA) is 38.7 Å². The number of esters is 1. The van der Waals surface area contributed by atoms with Gasteiger partial charge in [-0.25, -0.2) is 4.79 Å². The summed E-state index contributed by atoms with van der Waals surface area (Å²) in [6, 6.07) is 18.8. The largest absolute Gasteiger partial charge is 0.459 e. The van der Waals surface area contributed by atoms with E-state index in [4.69, 9.17) is 4.74 Å². The molecule has 102 valence electrons. The third-order valence-electron chi connectivity index (χ3n) is 2.81. The van der Waals surface area contributed by atoms with Crippen molar-refractivity contribution in [2.24, 2.45) is 4.99 Å². The average Bonchev–Trinajstić information content (AvgIpc) is 2.52. The Balaban J connectivity index is 1.85. The van der Waals surface area contributed by atoms with Crippen molar-refractivity contribution in [1.29, 1.82) is 0 Å². The van der Waals surface area contributed by atoms with Crippen molar-refractivity contribution in [3.8, 4) is 0 Å². The molecular formula is C17H17NO2. The fourth-order valence-electron chi connectivity index (χ4n) is 1.65. The van der Waals surface area contributed by atoms with Crippen LogP contribution in [0.2, 0.25) is 0 Å². The molecule has 0 aliphatic heterocycles. The molecule has 2 rings (SSSR count). The summed E-state index contributed by atoms with van der Waals surface area (Å²) in [5, 5.41) is 0. The molecule has 0 radical (unpaired) electrons. The van der Waals surface area contributed by atoms with Crippen LogP contribution in [0.15, 0.2) is 65.7 Å². The van der Waals surface area contributed by atoms with Crippen molar-refractivity contribution >= 4 is 12.2 Å². The van der Waals surface area contributed by atoms with Crippen LogP contribution in [-0.2, 0) is 16.1 Å². The predicted molar refractivity (Wildman–Crippen MR) is 79.7 cm³/mol. The van der Waals surface area contributed by atoms with Crippen LogP contribution in [0, 0.1) is 0 Å². The third kappa shape index (κ3) is 4.35. The monoisotopic (exact) mass is 267 g/mol. The second kappa shape index (κ2) is 7.24. The zero-order chi connectivity index (χ0) is 14.2. The second-order valence-electron chi connectivity index (χ2n) is 4.46. The van der Waals surface area contributed by atoms with Gasteiger partial charge >= 0.3 is 5.97 Å².